The van der Waals surface area contributed by atoms with Crippen molar-refractivity contribution >= 4 is 0 Å². The molecule has 0 aliphatic heterocycles. The summed E-state index contributed by atoms with van der Waals surface area (Å²) < 4.78 is 54.6. The maximum atomic E-state index is 13.7. The lowest BCUT2D eigenvalue weighted by molar-refractivity contribution is 0.427. The predicted molar refractivity (Wildman–Crippen MR) is 54.2 cm³/mol. The maximum Gasteiger partial charge on any atom is 0.167 e. The van der Waals surface area contributed by atoms with E-state index in [4.69, 9.17) is 21.0 Å². The molecule has 1 aromatic carbocycles. The van der Waals surface area contributed by atoms with Gasteiger partial charge in [-0.05, 0) is 0 Å². The third-order valence-electron chi connectivity index (χ3n) is 2.43. The molecule has 0 spiro atoms. The smallest absolute Gasteiger partial charge is 0.167 e. The highest BCUT2D eigenvalue weighted by molar-refractivity contribution is 5.42. The minimum atomic E-state index is -2.06. The lowest BCUT2D eigenvalue weighted by Gasteiger charge is -2.12. The van der Waals surface area contributed by atoms with Gasteiger partial charge in [0.15, 0.2) is 35.1 Å². The van der Waals surface area contributed by atoms with Crippen molar-refractivity contribution in [1.82, 2.24) is 0 Å². The van der Waals surface area contributed by atoms with Crippen LogP contribution in [0.1, 0.15) is 23.0 Å². The second-order valence-electron chi connectivity index (χ2n) is 3.47. The summed E-state index contributed by atoms with van der Waals surface area (Å²) in [6, 6.07) is 4.71. The summed E-state index contributed by atoms with van der Waals surface area (Å²) in [5.41, 5.74) is -2.77. The number of rotatable bonds is 2. The van der Waals surface area contributed by atoms with Gasteiger partial charge in [0, 0.05) is 0 Å². The van der Waals surface area contributed by atoms with Crippen molar-refractivity contribution in [3.63, 3.8) is 0 Å². The molecule has 0 saturated heterocycles. The van der Waals surface area contributed by atoms with Crippen LogP contribution in [0.15, 0.2) is 0 Å². The van der Waals surface area contributed by atoms with E-state index in [0.29, 0.717) is 0 Å². The van der Waals surface area contributed by atoms with Crippen molar-refractivity contribution in [3.05, 3.63) is 34.4 Å². The van der Waals surface area contributed by atoms with Gasteiger partial charge in [0.2, 0.25) is 0 Å². The Morgan fingerprint density at radius 3 is 0.900 bits per heavy atom. The first-order chi connectivity index (χ1) is 9.44. The fourth-order valence-corrected chi connectivity index (χ4v) is 1.49. The summed E-state index contributed by atoms with van der Waals surface area (Å²) in [5.74, 6) is -12.0. The van der Waals surface area contributed by atoms with Gasteiger partial charge in [-0.15, -0.1) is 0 Å². The van der Waals surface area contributed by atoms with Crippen LogP contribution in [-0.2, 0) is 0 Å². The maximum absolute atomic E-state index is 13.7. The van der Waals surface area contributed by atoms with E-state index in [-0.39, 0.29) is 0 Å². The Balaban J connectivity index is 3.79. The average Bonchev–Trinajstić information content (AvgIpc) is 2.46. The zero-order valence-corrected chi connectivity index (χ0v) is 9.46. The normalized spacial score (nSPS) is 9.70. The van der Waals surface area contributed by atoms with Crippen LogP contribution in [0.3, 0.4) is 0 Å². The van der Waals surface area contributed by atoms with Gasteiger partial charge >= 0.3 is 0 Å². The lowest BCUT2D eigenvalue weighted by atomic mass is 9.93. The molecule has 0 fully saturated rings. The molecule has 1 rings (SSSR count). The molecule has 0 aliphatic rings. The quantitative estimate of drug-likeness (QED) is 0.613. The predicted octanol–water partition coefficient (Wildman–Crippen LogP) is 2.50. The summed E-state index contributed by atoms with van der Waals surface area (Å²) in [5, 5.41) is 34.1. The molecule has 1 aromatic rings. The second kappa shape index (κ2) is 5.69. The van der Waals surface area contributed by atoms with Crippen LogP contribution in [0.5, 0.6) is 0 Å². The molecule has 0 amide bonds. The van der Waals surface area contributed by atoms with Gasteiger partial charge in [-0.1, -0.05) is 0 Å². The molecule has 0 N–H and O–H groups in total. The molecule has 0 bridgehead atoms. The second-order valence-corrected chi connectivity index (χ2v) is 3.47. The molecule has 8 heteroatoms. The highest BCUT2D eigenvalue weighted by Crippen LogP contribution is 2.32. The van der Waals surface area contributed by atoms with Crippen LogP contribution in [0.25, 0.3) is 0 Å². The van der Waals surface area contributed by atoms with Crippen LogP contribution in [0.4, 0.5) is 17.6 Å². The SMILES string of the molecule is N#CC(C#N)c1c(F)c(F)c(C(C#N)C#N)c(F)c1F. The average molecular weight is 278 g/mol. The van der Waals surface area contributed by atoms with E-state index in [9.17, 15) is 17.6 Å². The molecule has 98 valence electrons. The van der Waals surface area contributed by atoms with Gasteiger partial charge in [-0.3, -0.25) is 0 Å². The summed E-state index contributed by atoms with van der Waals surface area (Å²) >= 11 is 0. The highest BCUT2D eigenvalue weighted by atomic mass is 19.2. The van der Waals surface area contributed by atoms with E-state index in [1.165, 1.54) is 24.3 Å². The summed E-state index contributed by atoms with van der Waals surface area (Å²) in [6.45, 7) is 0. The Bertz CT molecular complexity index is 610. The molecule has 0 heterocycles. The number of nitriles is 4. The van der Waals surface area contributed by atoms with Crippen molar-refractivity contribution in [2.24, 2.45) is 0 Å². The summed E-state index contributed by atoms with van der Waals surface area (Å²) in [4.78, 5) is 0. The van der Waals surface area contributed by atoms with Gasteiger partial charge in [0.05, 0.1) is 35.4 Å². The molecule has 0 radical (unpaired) electrons. The van der Waals surface area contributed by atoms with E-state index in [1.807, 2.05) is 0 Å². The highest BCUT2D eigenvalue weighted by Gasteiger charge is 2.33. The standard InChI is InChI=1S/C12H2F4N4/c13-9-7(5(1-17)2-18)10(14)12(16)8(11(9)15)6(3-19)4-20/h5-6H. The molecular weight excluding hydrogens is 276 g/mol. The first kappa shape index (κ1) is 15.0. The molecule has 0 aromatic heterocycles. The van der Waals surface area contributed by atoms with Crippen LogP contribution < -0.4 is 0 Å². The van der Waals surface area contributed by atoms with E-state index in [2.05, 4.69) is 0 Å². The van der Waals surface area contributed by atoms with Gasteiger partial charge in [0.25, 0.3) is 0 Å². The van der Waals surface area contributed by atoms with E-state index >= 15 is 0 Å². The largest absolute Gasteiger partial charge is 0.203 e. The van der Waals surface area contributed by atoms with Gasteiger partial charge < -0.3 is 0 Å². The number of hydrogen-bond acceptors (Lipinski definition) is 4. The van der Waals surface area contributed by atoms with Crippen molar-refractivity contribution in [1.29, 1.82) is 21.0 Å². The molecule has 0 saturated carbocycles. The fourth-order valence-electron chi connectivity index (χ4n) is 1.49. The summed E-state index contributed by atoms with van der Waals surface area (Å²) in [7, 11) is 0. The molecule has 4 nitrogen and oxygen atoms in total. The fraction of sp³-hybridized carbons (Fsp3) is 0.167. The number of halogens is 4. The molecule has 0 atom stereocenters. The Hall–Kier alpha value is -3.10. The van der Waals surface area contributed by atoms with E-state index in [0.717, 1.165) is 0 Å². The minimum absolute atomic E-state index is 1.18. The molecule has 20 heavy (non-hydrogen) atoms. The van der Waals surface area contributed by atoms with Crippen molar-refractivity contribution in [3.8, 4) is 24.3 Å². The number of benzene rings is 1. The molecule has 0 aliphatic carbocycles. The van der Waals surface area contributed by atoms with Crippen LogP contribution in [0.2, 0.25) is 0 Å². The third-order valence-corrected chi connectivity index (χ3v) is 2.43. The zero-order valence-electron chi connectivity index (χ0n) is 9.46. The molecular formula is C12H2F4N4. The van der Waals surface area contributed by atoms with Gasteiger partial charge in [-0.25, -0.2) is 17.6 Å². The Kier molecular flexibility index (Phi) is 4.26. The first-order valence-corrected chi connectivity index (χ1v) is 4.88. The van der Waals surface area contributed by atoms with Gasteiger partial charge in [0.1, 0.15) is 0 Å². The topological polar surface area (TPSA) is 95.2 Å². The zero-order chi connectivity index (χ0) is 15.4. The third kappa shape index (κ3) is 2.11. The van der Waals surface area contributed by atoms with Crippen LogP contribution in [-0.4, -0.2) is 0 Å². The van der Waals surface area contributed by atoms with E-state index < -0.39 is 46.2 Å². The Labute approximate surface area is 110 Å². The minimum Gasteiger partial charge on any atom is -0.203 e. The van der Waals surface area contributed by atoms with Gasteiger partial charge in [-0.2, -0.15) is 21.0 Å². The van der Waals surface area contributed by atoms with Crippen molar-refractivity contribution in [2.45, 2.75) is 11.8 Å². The van der Waals surface area contributed by atoms with E-state index in [1.54, 1.807) is 0 Å². The van der Waals surface area contributed by atoms with Crippen molar-refractivity contribution < 1.29 is 17.6 Å². The number of hydrogen-bond donors (Lipinski definition) is 0. The first-order valence-electron chi connectivity index (χ1n) is 4.88. The summed E-state index contributed by atoms with van der Waals surface area (Å²) in [6.07, 6.45) is 0. The lowest BCUT2D eigenvalue weighted by Crippen LogP contribution is -2.13. The monoisotopic (exact) mass is 278 g/mol. The molecule has 0 unspecified atom stereocenters. The van der Waals surface area contributed by atoms with Crippen LogP contribution in [0, 0.1) is 68.6 Å². The Morgan fingerprint density at radius 2 is 0.750 bits per heavy atom. The van der Waals surface area contributed by atoms with Crippen LogP contribution >= 0.6 is 0 Å². The number of nitrogens with zero attached hydrogens (tertiary/aromatic N) is 4. The Morgan fingerprint density at radius 1 is 0.550 bits per heavy atom. The van der Waals surface area contributed by atoms with Crippen molar-refractivity contribution in [2.75, 3.05) is 0 Å².